The average Bonchev–Trinajstić information content (AvgIpc) is 3.18. The molecule has 8 heteroatoms. The molecule has 1 aliphatic carbocycles. The fraction of sp³-hybridized carbons (Fsp3) is 0.684. The predicted molar refractivity (Wildman–Crippen MR) is 105 cm³/mol. The molecule has 1 aromatic rings. The van der Waals surface area contributed by atoms with Crippen molar-refractivity contribution in [2.24, 2.45) is 5.92 Å². The summed E-state index contributed by atoms with van der Waals surface area (Å²) in [6.45, 7) is 5.97. The molecule has 0 saturated carbocycles. The molecule has 27 heavy (non-hydrogen) atoms. The highest BCUT2D eigenvalue weighted by Gasteiger charge is 2.36. The molecule has 0 aromatic carbocycles. The summed E-state index contributed by atoms with van der Waals surface area (Å²) in [4.78, 5) is 28.6. The zero-order valence-corrected chi connectivity index (χ0v) is 17.7. The number of amides is 1. The van der Waals surface area contributed by atoms with Gasteiger partial charge in [0.05, 0.1) is 11.5 Å². The number of ether oxygens (including phenoxy) is 1. The lowest BCUT2D eigenvalue weighted by atomic mass is 9.90. The van der Waals surface area contributed by atoms with Gasteiger partial charge in [-0.15, -0.1) is 11.3 Å². The van der Waals surface area contributed by atoms with Gasteiger partial charge in [0.2, 0.25) is 0 Å². The molecule has 3 rings (SSSR count). The molecule has 150 valence electrons. The van der Waals surface area contributed by atoms with E-state index in [-0.39, 0.29) is 23.5 Å². The molecule has 3 atom stereocenters. The van der Waals surface area contributed by atoms with Crippen molar-refractivity contribution in [3.63, 3.8) is 0 Å². The van der Waals surface area contributed by atoms with Crippen LogP contribution in [0.4, 0.5) is 0 Å². The number of nitrogens with zero attached hydrogens (tertiary/aromatic N) is 1. The van der Waals surface area contributed by atoms with Crippen LogP contribution in [-0.4, -0.2) is 55.4 Å². The third-order valence-electron chi connectivity index (χ3n) is 5.43. The van der Waals surface area contributed by atoms with Gasteiger partial charge in [0.25, 0.3) is 5.91 Å². The summed E-state index contributed by atoms with van der Waals surface area (Å²) in [7, 11) is -3.08. The van der Waals surface area contributed by atoms with Crippen molar-refractivity contribution in [2.45, 2.75) is 58.6 Å². The molecule has 1 amide bonds. The summed E-state index contributed by atoms with van der Waals surface area (Å²) >= 11 is 1.46. The number of thiophene rings is 1. The Kier molecular flexibility index (Phi) is 5.96. The Bertz CT molecular complexity index is 829. The SMILES string of the molecule is CCN(C(=O)[C@H](C)OC(=O)c1cc2c(s1)CC[C@H](C)C2)[C@@H]1CCS(=O)(=O)C1. The van der Waals surface area contributed by atoms with Crippen LogP contribution in [-0.2, 0) is 32.2 Å². The Balaban J connectivity index is 1.64. The first-order valence-corrected chi connectivity index (χ1v) is 12.2. The van der Waals surface area contributed by atoms with Gasteiger partial charge in [-0.1, -0.05) is 6.92 Å². The third-order valence-corrected chi connectivity index (χ3v) is 8.40. The van der Waals surface area contributed by atoms with E-state index in [0.717, 1.165) is 19.3 Å². The van der Waals surface area contributed by atoms with Crippen LogP contribution >= 0.6 is 11.3 Å². The first kappa shape index (κ1) is 20.3. The first-order chi connectivity index (χ1) is 12.7. The number of rotatable bonds is 5. The molecule has 2 aliphatic rings. The minimum atomic E-state index is -3.08. The maximum atomic E-state index is 12.7. The standard InChI is InChI=1S/C19H27NO5S2/c1-4-20(15-7-8-27(23,24)11-15)18(21)13(3)25-19(22)17-10-14-9-12(2)5-6-16(14)26-17/h10,12-13,15H,4-9,11H2,1-3H3/t12-,13-,15+/m0/s1. The van der Waals surface area contributed by atoms with Gasteiger partial charge in [0, 0.05) is 17.5 Å². The molecule has 0 bridgehead atoms. The molecule has 1 aromatic heterocycles. The molecule has 1 fully saturated rings. The normalized spacial score (nSPS) is 24.9. The minimum Gasteiger partial charge on any atom is -0.448 e. The maximum absolute atomic E-state index is 12.7. The van der Waals surface area contributed by atoms with Gasteiger partial charge in [0.1, 0.15) is 4.88 Å². The summed E-state index contributed by atoms with van der Waals surface area (Å²) in [5, 5.41) is 0. The quantitative estimate of drug-likeness (QED) is 0.693. The van der Waals surface area contributed by atoms with Crippen molar-refractivity contribution in [1.29, 1.82) is 0 Å². The van der Waals surface area contributed by atoms with Crippen LogP contribution in [0.15, 0.2) is 6.07 Å². The second kappa shape index (κ2) is 7.91. The van der Waals surface area contributed by atoms with Crippen molar-refractivity contribution in [1.82, 2.24) is 4.90 Å². The van der Waals surface area contributed by atoms with Crippen molar-refractivity contribution in [3.8, 4) is 0 Å². The van der Waals surface area contributed by atoms with Gasteiger partial charge in [-0.2, -0.15) is 0 Å². The van der Waals surface area contributed by atoms with Gasteiger partial charge in [0.15, 0.2) is 15.9 Å². The number of likely N-dealkylation sites (N-methyl/N-ethyl adjacent to an activating group) is 1. The van der Waals surface area contributed by atoms with Crippen LogP contribution in [0.1, 0.15) is 53.7 Å². The highest BCUT2D eigenvalue weighted by molar-refractivity contribution is 7.91. The van der Waals surface area contributed by atoms with E-state index < -0.39 is 21.9 Å². The van der Waals surface area contributed by atoms with Crippen LogP contribution in [0.25, 0.3) is 0 Å². The Morgan fingerprint density at radius 2 is 2.11 bits per heavy atom. The highest BCUT2D eigenvalue weighted by Crippen LogP contribution is 2.32. The fourth-order valence-electron chi connectivity index (χ4n) is 3.92. The van der Waals surface area contributed by atoms with Gasteiger partial charge < -0.3 is 9.64 Å². The monoisotopic (exact) mass is 413 g/mol. The minimum absolute atomic E-state index is 0.0108. The van der Waals surface area contributed by atoms with Crippen LogP contribution in [0.3, 0.4) is 0 Å². The molecule has 6 nitrogen and oxygen atoms in total. The molecule has 0 N–H and O–H groups in total. The van der Waals surface area contributed by atoms with E-state index in [0.29, 0.717) is 23.8 Å². The van der Waals surface area contributed by atoms with Crippen molar-refractivity contribution in [2.75, 3.05) is 18.1 Å². The summed E-state index contributed by atoms with van der Waals surface area (Å²) in [5.74, 6) is -0.0872. The second-order valence-corrected chi connectivity index (χ2v) is 11.0. The molecule has 0 radical (unpaired) electrons. The zero-order valence-electron chi connectivity index (χ0n) is 16.1. The third kappa shape index (κ3) is 4.54. The summed E-state index contributed by atoms with van der Waals surface area (Å²) in [5.41, 5.74) is 1.22. The number of carbonyl (C=O) groups excluding carboxylic acids is 2. The number of hydrogen-bond donors (Lipinski definition) is 0. The largest absolute Gasteiger partial charge is 0.448 e. The Morgan fingerprint density at radius 1 is 1.37 bits per heavy atom. The molecule has 1 aliphatic heterocycles. The van der Waals surface area contributed by atoms with Gasteiger partial charge in [-0.05, 0) is 57.1 Å². The predicted octanol–water partition coefficient (Wildman–Crippen LogP) is 2.45. The van der Waals surface area contributed by atoms with E-state index in [1.54, 1.807) is 6.92 Å². The number of sulfone groups is 1. The molecular weight excluding hydrogens is 386 g/mol. The molecule has 2 heterocycles. The van der Waals surface area contributed by atoms with Crippen LogP contribution < -0.4 is 0 Å². The number of fused-ring (bicyclic) bond motifs is 1. The van der Waals surface area contributed by atoms with Crippen LogP contribution in [0.2, 0.25) is 0 Å². The van der Waals surface area contributed by atoms with E-state index >= 15 is 0 Å². The number of esters is 1. The lowest BCUT2D eigenvalue weighted by Crippen LogP contribution is -2.46. The summed E-state index contributed by atoms with van der Waals surface area (Å²) in [6.07, 6.45) is 2.61. The fourth-order valence-corrected chi connectivity index (χ4v) is 6.75. The highest BCUT2D eigenvalue weighted by atomic mass is 32.2. The molecular formula is C19H27NO5S2. The van der Waals surface area contributed by atoms with Gasteiger partial charge >= 0.3 is 5.97 Å². The van der Waals surface area contributed by atoms with Crippen molar-refractivity contribution < 1.29 is 22.7 Å². The summed E-state index contributed by atoms with van der Waals surface area (Å²) in [6, 6.07) is 1.57. The topological polar surface area (TPSA) is 80.8 Å². The smallest absolute Gasteiger partial charge is 0.349 e. The zero-order chi connectivity index (χ0) is 19.8. The number of carbonyl (C=O) groups is 2. The maximum Gasteiger partial charge on any atom is 0.349 e. The second-order valence-electron chi connectivity index (χ2n) is 7.64. The Hall–Kier alpha value is -1.41. The van der Waals surface area contributed by atoms with E-state index in [2.05, 4.69) is 6.92 Å². The summed E-state index contributed by atoms with van der Waals surface area (Å²) < 4.78 is 28.9. The van der Waals surface area contributed by atoms with Crippen molar-refractivity contribution >= 4 is 33.1 Å². The van der Waals surface area contributed by atoms with Crippen LogP contribution in [0, 0.1) is 5.92 Å². The average molecular weight is 414 g/mol. The van der Waals surface area contributed by atoms with Gasteiger partial charge in [-0.25, -0.2) is 13.2 Å². The van der Waals surface area contributed by atoms with E-state index in [1.807, 2.05) is 13.0 Å². The lowest BCUT2D eigenvalue weighted by Gasteiger charge is -2.29. The van der Waals surface area contributed by atoms with Crippen molar-refractivity contribution in [3.05, 3.63) is 21.4 Å². The number of hydrogen-bond acceptors (Lipinski definition) is 6. The number of aryl methyl sites for hydroxylation is 1. The van der Waals surface area contributed by atoms with E-state index in [1.165, 1.54) is 26.7 Å². The molecule has 1 saturated heterocycles. The Labute approximate surface area is 164 Å². The molecule has 0 spiro atoms. The first-order valence-electron chi connectivity index (χ1n) is 9.53. The lowest BCUT2D eigenvalue weighted by molar-refractivity contribution is -0.141. The van der Waals surface area contributed by atoms with Gasteiger partial charge in [-0.3, -0.25) is 4.79 Å². The molecule has 0 unspecified atom stereocenters. The Morgan fingerprint density at radius 3 is 2.74 bits per heavy atom. The van der Waals surface area contributed by atoms with E-state index in [9.17, 15) is 18.0 Å². The van der Waals surface area contributed by atoms with E-state index in [4.69, 9.17) is 4.74 Å². The van der Waals surface area contributed by atoms with Crippen LogP contribution in [0.5, 0.6) is 0 Å².